The average Bonchev–Trinajstić information content (AvgIpc) is 2.90. The van der Waals surface area contributed by atoms with Gasteiger partial charge in [0.2, 0.25) is 0 Å². The van der Waals surface area contributed by atoms with Crippen LogP contribution in [-0.4, -0.2) is 4.98 Å². The first-order valence-corrected chi connectivity index (χ1v) is 8.83. The first-order chi connectivity index (χ1) is 12.0. The van der Waals surface area contributed by atoms with Crippen LogP contribution in [0.1, 0.15) is 43.6 Å². The van der Waals surface area contributed by atoms with Gasteiger partial charge in [-0.3, -0.25) is 0 Å². The molecular weight excluding hydrogens is 308 g/mol. The maximum Gasteiger partial charge on any atom is 0.294 e. The van der Waals surface area contributed by atoms with Crippen molar-refractivity contribution in [2.45, 2.75) is 46.8 Å². The van der Waals surface area contributed by atoms with Crippen LogP contribution < -0.4 is 9.30 Å². The van der Waals surface area contributed by atoms with Crippen molar-refractivity contribution in [2.75, 3.05) is 0 Å². The minimum absolute atomic E-state index is 0.431. The van der Waals surface area contributed by atoms with Crippen LogP contribution in [-0.2, 0) is 13.2 Å². The molecule has 2 aromatic carbocycles. The third-order valence-electron chi connectivity index (χ3n) is 4.38. The predicted octanol–water partition coefficient (Wildman–Crippen LogP) is 5.04. The number of rotatable bonds is 6. The standard InChI is InChI=1S/C22H26N2O/c1-15(2)13-24-20-9-7-6-8-19(20)23-22(24)14-25-21-12-17(5)10-11-18(21)16(3)4/h6-12,16H,1,13-14H2,2-5H3/p+1. The molecular formula is C22H27N2O+. The highest BCUT2D eigenvalue weighted by Gasteiger charge is 2.19. The number of hydrogen-bond acceptors (Lipinski definition) is 1. The van der Waals surface area contributed by atoms with Crippen molar-refractivity contribution in [3.05, 3.63) is 71.6 Å². The number of ether oxygens (including phenoxy) is 1. The van der Waals surface area contributed by atoms with Crippen molar-refractivity contribution >= 4 is 11.0 Å². The Morgan fingerprint density at radius 1 is 1.20 bits per heavy atom. The fourth-order valence-electron chi connectivity index (χ4n) is 3.14. The van der Waals surface area contributed by atoms with E-state index in [1.807, 2.05) is 6.07 Å². The SMILES string of the molecule is C=C(C)C[n+]1c(COc2cc(C)ccc2C(C)C)[nH]c2ccccc21. The van der Waals surface area contributed by atoms with Crippen LogP contribution in [0.25, 0.3) is 11.0 Å². The molecule has 0 atom stereocenters. The number of aryl methyl sites for hydroxylation is 1. The lowest BCUT2D eigenvalue weighted by molar-refractivity contribution is -0.672. The van der Waals surface area contributed by atoms with Gasteiger partial charge in [-0.1, -0.05) is 44.7 Å². The lowest BCUT2D eigenvalue weighted by atomic mass is 10.0. The molecule has 0 spiro atoms. The van der Waals surface area contributed by atoms with Crippen LogP contribution in [0.2, 0.25) is 0 Å². The van der Waals surface area contributed by atoms with E-state index in [0.29, 0.717) is 12.5 Å². The molecule has 130 valence electrons. The molecule has 0 bridgehead atoms. The van der Waals surface area contributed by atoms with Crippen molar-refractivity contribution in [3.63, 3.8) is 0 Å². The Balaban J connectivity index is 1.94. The zero-order valence-electron chi connectivity index (χ0n) is 15.6. The monoisotopic (exact) mass is 335 g/mol. The summed E-state index contributed by atoms with van der Waals surface area (Å²) in [5, 5.41) is 0. The molecule has 0 aliphatic carbocycles. The van der Waals surface area contributed by atoms with Crippen molar-refractivity contribution in [1.29, 1.82) is 0 Å². The maximum atomic E-state index is 6.24. The largest absolute Gasteiger partial charge is 0.481 e. The van der Waals surface area contributed by atoms with E-state index in [0.717, 1.165) is 29.2 Å². The highest BCUT2D eigenvalue weighted by molar-refractivity contribution is 5.71. The quantitative estimate of drug-likeness (QED) is 0.496. The number of para-hydroxylation sites is 2. The zero-order chi connectivity index (χ0) is 18.0. The fraction of sp³-hybridized carbons (Fsp3) is 0.318. The lowest BCUT2D eigenvalue weighted by Gasteiger charge is -2.14. The molecule has 0 radical (unpaired) electrons. The van der Waals surface area contributed by atoms with E-state index < -0.39 is 0 Å². The van der Waals surface area contributed by atoms with Crippen molar-refractivity contribution in [1.82, 2.24) is 4.98 Å². The van der Waals surface area contributed by atoms with Gasteiger partial charge >= 0.3 is 0 Å². The maximum absolute atomic E-state index is 6.24. The van der Waals surface area contributed by atoms with Gasteiger partial charge in [-0.15, -0.1) is 0 Å². The first-order valence-electron chi connectivity index (χ1n) is 8.83. The molecule has 3 aromatic rings. The van der Waals surface area contributed by atoms with Crippen LogP contribution in [0.5, 0.6) is 5.75 Å². The van der Waals surface area contributed by atoms with Crippen LogP contribution in [0.15, 0.2) is 54.6 Å². The van der Waals surface area contributed by atoms with Crippen LogP contribution in [0.4, 0.5) is 0 Å². The molecule has 0 saturated heterocycles. The van der Waals surface area contributed by atoms with Gasteiger partial charge in [0.05, 0.1) is 0 Å². The summed E-state index contributed by atoms with van der Waals surface area (Å²) in [6.45, 7) is 13.9. The van der Waals surface area contributed by atoms with E-state index in [4.69, 9.17) is 4.74 Å². The summed E-state index contributed by atoms with van der Waals surface area (Å²) in [5.74, 6) is 2.46. The second kappa shape index (κ2) is 7.14. The van der Waals surface area contributed by atoms with E-state index in [2.05, 4.69) is 80.2 Å². The Bertz CT molecular complexity index is 906. The molecule has 0 aliphatic heterocycles. The summed E-state index contributed by atoms with van der Waals surface area (Å²) >= 11 is 0. The number of fused-ring (bicyclic) bond motifs is 1. The van der Waals surface area contributed by atoms with Crippen molar-refractivity contribution < 1.29 is 9.30 Å². The number of benzene rings is 2. The number of hydrogen-bond donors (Lipinski definition) is 1. The molecule has 0 amide bonds. The normalized spacial score (nSPS) is 11.2. The summed E-state index contributed by atoms with van der Waals surface area (Å²) < 4.78 is 8.49. The van der Waals surface area contributed by atoms with Crippen molar-refractivity contribution in [2.24, 2.45) is 0 Å². The highest BCUT2D eigenvalue weighted by atomic mass is 16.5. The molecule has 3 heteroatoms. The number of H-pyrrole nitrogens is 1. The number of nitrogens with one attached hydrogen (secondary N) is 1. The Morgan fingerprint density at radius 3 is 2.68 bits per heavy atom. The Morgan fingerprint density at radius 2 is 1.96 bits per heavy atom. The van der Waals surface area contributed by atoms with Gasteiger partial charge < -0.3 is 4.74 Å². The topological polar surface area (TPSA) is 28.9 Å². The summed E-state index contributed by atoms with van der Waals surface area (Å²) in [5.41, 5.74) is 5.88. The molecule has 0 fully saturated rings. The minimum Gasteiger partial charge on any atom is -0.481 e. The van der Waals surface area contributed by atoms with Crippen molar-refractivity contribution in [3.8, 4) is 5.75 Å². The molecule has 1 N–H and O–H groups in total. The molecule has 25 heavy (non-hydrogen) atoms. The second-order valence-electron chi connectivity index (χ2n) is 7.12. The fourth-order valence-corrected chi connectivity index (χ4v) is 3.14. The summed E-state index contributed by atoms with van der Waals surface area (Å²) in [4.78, 5) is 3.50. The van der Waals surface area contributed by atoms with Gasteiger partial charge in [-0.25, -0.2) is 9.55 Å². The molecule has 0 unspecified atom stereocenters. The molecule has 0 aliphatic rings. The number of aromatic amines is 1. The summed E-state index contributed by atoms with van der Waals surface area (Å²) in [6.07, 6.45) is 0. The van der Waals surface area contributed by atoms with Gasteiger partial charge in [0.15, 0.2) is 17.6 Å². The number of nitrogens with zero attached hydrogens (tertiary/aromatic N) is 1. The number of aromatic nitrogens is 2. The third kappa shape index (κ3) is 3.76. The third-order valence-corrected chi connectivity index (χ3v) is 4.38. The molecule has 3 nitrogen and oxygen atoms in total. The summed E-state index contributed by atoms with van der Waals surface area (Å²) in [6, 6.07) is 14.8. The molecule has 1 heterocycles. The Labute approximate surface area is 150 Å². The number of imidazole rings is 1. The average molecular weight is 335 g/mol. The smallest absolute Gasteiger partial charge is 0.294 e. The molecule has 3 rings (SSSR count). The molecule has 1 aromatic heterocycles. The Hall–Kier alpha value is -2.55. The molecule has 0 saturated carbocycles. The second-order valence-corrected chi connectivity index (χ2v) is 7.12. The lowest BCUT2D eigenvalue weighted by Crippen LogP contribution is -2.38. The van der Waals surface area contributed by atoms with Gasteiger partial charge in [-0.2, -0.15) is 0 Å². The highest BCUT2D eigenvalue weighted by Crippen LogP contribution is 2.28. The first kappa shape index (κ1) is 17.3. The minimum atomic E-state index is 0.431. The Kier molecular flexibility index (Phi) is 4.93. The number of allylic oxidation sites excluding steroid dienone is 1. The van der Waals surface area contributed by atoms with Gasteiger partial charge in [0, 0.05) is 0 Å². The van der Waals surface area contributed by atoms with E-state index in [-0.39, 0.29) is 0 Å². The van der Waals surface area contributed by atoms with Crippen LogP contribution >= 0.6 is 0 Å². The summed E-state index contributed by atoms with van der Waals surface area (Å²) in [7, 11) is 0. The van der Waals surface area contributed by atoms with Gasteiger partial charge in [0.1, 0.15) is 12.3 Å². The zero-order valence-corrected chi connectivity index (χ0v) is 15.6. The van der Waals surface area contributed by atoms with E-state index in [1.54, 1.807) is 0 Å². The van der Waals surface area contributed by atoms with Crippen LogP contribution in [0, 0.1) is 6.92 Å². The predicted molar refractivity (Wildman–Crippen MR) is 103 cm³/mol. The van der Waals surface area contributed by atoms with Crippen LogP contribution in [0.3, 0.4) is 0 Å². The van der Waals surface area contributed by atoms with Gasteiger partial charge in [0.25, 0.3) is 5.82 Å². The van der Waals surface area contributed by atoms with Gasteiger partial charge in [-0.05, 0) is 54.7 Å². The van der Waals surface area contributed by atoms with E-state index >= 15 is 0 Å². The van der Waals surface area contributed by atoms with E-state index in [1.165, 1.54) is 16.6 Å². The van der Waals surface area contributed by atoms with E-state index in [9.17, 15) is 0 Å².